The maximum atomic E-state index is 12.1. The van der Waals surface area contributed by atoms with Gasteiger partial charge in [-0.15, -0.1) is 0 Å². The molecular weight excluding hydrogens is 368 g/mol. The van der Waals surface area contributed by atoms with Gasteiger partial charge in [0.1, 0.15) is 0 Å². The maximum Gasteiger partial charge on any atom is 0.310 e. The molecule has 0 heterocycles. The summed E-state index contributed by atoms with van der Waals surface area (Å²) in [7, 11) is 0. The van der Waals surface area contributed by atoms with Crippen LogP contribution in [-0.2, 0) is 9.59 Å². The summed E-state index contributed by atoms with van der Waals surface area (Å²) in [5, 5.41) is 13.5. The highest BCUT2D eigenvalue weighted by Crippen LogP contribution is 2.26. The fraction of sp³-hybridized carbons (Fsp3) is 0.167. The van der Waals surface area contributed by atoms with Crippen LogP contribution in [0.15, 0.2) is 48.5 Å². The van der Waals surface area contributed by atoms with Gasteiger partial charge in [0.05, 0.1) is 4.92 Å². The number of hydrazine groups is 1. The SMILES string of the molecule is CC(=O)Nc1ccc(C(=O)NNC(=O)[C@@H](C)Oc2ccccc2[N+](=O)[O-])cc1. The number of para-hydroxylation sites is 2. The average Bonchev–Trinajstić information content (AvgIpc) is 2.66. The van der Waals surface area contributed by atoms with Gasteiger partial charge >= 0.3 is 5.69 Å². The van der Waals surface area contributed by atoms with Crippen LogP contribution in [0.5, 0.6) is 5.75 Å². The summed E-state index contributed by atoms with van der Waals surface area (Å²) in [5.74, 6) is -1.57. The molecule has 3 amide bonds. The topological polar surface area (TPSA) is 140 Å². The van der Waals surface area contributed by atoms with Gasteiger partial charge in [-0.1, -0.05) is 12.1 Å². The number of anilines is 1. The van der Waals surface area contributed by atoms with E-state index in [-0.39, 0.29) is 22.9 Å². The van der Waals surface area contributed by atoms with Crippen molar-refractivity contribution in [1.29, 1.82) is 0 Å². The van der Waals surface area contributed by atoms with Crippen LogP contribution >= 0.6 is 0 Å². The first-order valence-corrected chi connectivity index (χ1v) is 8.16. The molecule has 28 heavy (non-hydrogen) atoms. The summed E-state index contributed by atoms with van der Waals surface area (Å²) >= 11 is 0. The quantitative estimate of drug-likeness (QED) is 0.511. The highest BCUT2D eigenvalue weighted by Gasteiger charge is 2.21. The van der Waals surface area contributed by atoms with E-state index in [2.05, 4.69) is 16.2 Å². The number of nitrogens with zero attached hydrogens (tertiary/aromatic N) is 1. The second kappa shape index (κ2) is 9.12. The molecule has 2 aromatic carbocycles. The molecule has 0 saturated carbocycles. The number of benzene rings is 2. The van der Waals surface area contributed by atoms with Crippen LogP contribution in [0.4, 0.5) is 11.4 Å². The van der Waals surface area contributed by atoms with Crippen LogP contribution in [0, 0.1) is 10.1 Å². The van der Waals surface area contributed by atoms with Crippen molar-refractivity contribution in [1.82, 2.24) is 10.9 Å². The largest absolute Gasteiger partial charge is 0.474 e. The van der Waals surface area contributed by atoms with Crippen LogP contribution in [0.3, 0.4) is 0 Å². The molecule has 0 aliphatic heterocycles. The van der Waals surface area contributed by atoms with E-state index in [0.717, 1.165) is 0 Å². The molecule has 2 rings (SSSR count). The monoisotopic (exact) mass is 386 g/mol. The van der Waals surface area contributed by atoms with Crippen LogP contribution in [0.25, 0.3) is 0 Å². The van der Waals surface area contributed by atoms with E-state index in [1.165, 1.54) is 44.2 Å². The Balaban J connectivity index is 1.91. The first-order valence-electron chi connectivity index (χ1n) is 8.16. The molecule has 0 spiro atoms. The number of hydrogen-bond acceptors (Lipinski definition) is 6. The lowest BCUT2D eigenvalue weighted by Gasteiger charge is -2.15. The Morgan fingerprint density at radius 1 is 1.04 bits per heavy atom. The number of nitro benzene ring substituents is 1. The smallest absolute Gasteiger partial charge is 0.310 e. The van der Waals surface area contributed by atoms with Gasteiger partial charge < -0.3 is 10.1 Å². The van der Waals surface area contributed by atoms with Crippen molar-refractivity contribution >= 4 is 29.1 Å². The Morgan fingerprint density at radius 2 is 1.68 bits per heavy atom. The molecule has 0 aromatic heterocycles. The van der Waals surface area contributed by atoms with Gasteiger partial charge in [-0.3, -0.25) is 35.3 Å². The Hall–Kier alpha value is -3.95. The van der Waals surface area contributed by atoms with Crippen molar-refractivity contribution in [3.63, 3.8) is 0 Å². The third kappa shape index (κ3) is 5.53. The van der Waals surface area contributed by atoms with Crippen LogP contribution < -0.4 is 20.9 Å². The molecule has 0 aliphatic rings. The third-order valence-electron chi connectivity index (χ3n) is 3.50. The lowest BCUT2D eigenvalue weighted by Crippen LogP contribution is -2.47. The molecule has 2 aromatic rings. The zero-order chi connectivity index (χ0) is 20.7. The van der Waals surface area contributed by atoms with E-state index in [1.807, 2.05) is 0 Å². The highest BCUT2D eigenvalue weighted by molar-refractivity contribution is 5.96. The van der Waals surface area contributed by atoms with Crippen LogP contribution in [0.2, 0.25) is 0 Å². The fourth-order valence-electron chi connectivity index (χ4n) is 2.15. The Morgan fingerprint density at radius 3 is 2.29 bits per heavy atom. The molecule has 0 saturated heterocycles. The lowest BCUT2D eigenvalue weighted by molar-refractivity contribution is -0.386. The molecule has 0 unspecified atom stereocenters. The molecule has 146 valence electrons. The summed E-state index contributed by atoms with van der Waals surface area (Å²) in [4.78, 5) is 45.5. The second-order valence-electron chi connectivity index (χ2n) is 5.69. The molecule has 10 heteroatoms. The summed E-state index contributed by atoms with van der Waals surface area (Å²) < 4.78 is 5.31. The number of hydrogen-bond donors (Lipinski definition) is 3. The van der Waals surface area contributed by atoms with Crippen molar-refractivity contribution in [2.45, 2.75) is 20.0 Å². The third-order valence-corrected chi connectivity index (χ3v) is 3.50. The second-order valence-corrected chi connectivity index (χ2v) is 5.69. The first-order chi connectivity index (χ1) is 13.3. The van der Waals surface area contributed by atoms with Gasteiger partial charge in [0.25, 0.3) is 11.8 Å². The molecule has 1 atom stereocenters. The van der Waals surface area contributed by atoms with Crippen molar-refractivity contribution < 1.29 is 24.0 Å². The molecular formula is C18H18N4O6. The first kappa shape index (κ1) is 20.4. The van der Waals surface area contributed by atoms with E-state index in [4.69, 9.17) is 4.74 Å². The van der Waals surface area contributed by atoms with Crippen molar-refractivity contribution in [2.75, 3.05) is 5.32 Å². The average molecular weight is 386 g/mol. The zero-order valence-corrected chi connectivity index (χ0v) is 15.1. The standard InChI is InChI=1S/C18H18N4O6/c1-11(28-16-6-4-3-5-15(16)22(26)27)17(24)20-21-18(25)13-7-9-14(10-8-13)19-12(2)23/h3-11H,1-2H3,(H,19,23)(H,20,24)(H,21,25)/t11-/m1/s1. The predicted octanol–water partition coefficient (Wildman–Crippen LogP) is 1.78. The molecule has 0 aliphatic carbocycles. The van der Waals surface area contributed by atoms with Crippen molar-refractivity contribution in [3.8, 4) is 5.75 Å². The number of ether oxygens (including phenoxy) is 1. The molecule has 10 nitrogen and oxygen atoms in total. The van der Waals surface area contributed by atoms with E-state index in [9.17, 15) is 24.5 Å². The van der Waals surface area contributed by atoms with Crippen molar-refractivity contribution in [2.24, 2.45) is 0 Å². The van der Waals surface area contributed by atoms with Crippen molar-refractivity contribution in [3.05, 3.63) is 64.2 Å². The summed E-state index contributed by atoms with van der Waals surface area (Å²) in [6.07, 6.45) is -1.09. The fourth-order valence-corrected chi connectivity index (χ4v) is 2.15. The van der Waals surface area contributed by atoms with Crippen LogP contribution in [-0.4, -0.2) is 28.7 Å². The van der Waals surface area contributed by atoms with E-state index in [1.54, 1.807) is 18.2 Å². The van der Waals surface area contributed by atoms with Crippen LogP contribution in [0.1, 0.15) is 24.2 Å². The molecule has 3 N–H and O–H groups in total. The summed E-state index contributed by atoms with van der Waals surface area (Å²) in [5.41, 5.74) is 4.92. The van der Waals surface area contributed by atoms with E-state index in [0.29, 0.717) is 5.69 Å². The normalized spacial score (nSPS) is 11.1. The number of nitro groups is 1. The number of nitrogens with one attached hydrogen (secondary N) is 3. The number of amides is 3. The van der Waals surface area contributed by atoms with Gasteiger partial charge in [-0.25, -0.2) is 0 Å². The molecule has 0 radical (unpaired) electrons. The zero-order valence-electron chi connectivity index (χ0n) is 15.1. The van der Waals surface area contributed by atoms with Gasteiger partial charge in [0, 0.05) is 24.2 Å². The van der Waals surface area contributed by atoms with E-state index < -0.39 is 22.8 Å². The Labute approximate surface area is 160 Å². The molecule has 0 bridgehead atoms. The van der Waals surface area contributed by atoms with E-state index >= 15 is 0 Å². The summed E-state index contributed by atoms with van der Waals surface area (Å²) in [6.45, 7) is 2.75. The minimum absolute atomic E-state index is 0.0602. The lowest BCUT2D eigenvalue weighted by atomic mass is 10.2. The van der Waals surface area contributed by atoms with Gasteiger partial charge in [-0.2, -0.15) is 0 Å². The van der Waals surface area contributed by atoms with Gasteiger partial charge in [0.2, 0.25) is 5.91 Å². The number of carbonyl (C=O) groups is 3. The Bertz CT molecular complexity index is 897. The molecule has 0 fully saturated rings. The number of carbonyl (C=O) groups excluding carboxylic acids is 3. The number of rotatable bonds is 6. The summed E-state index contributed by atoms with van der Waals surface area (Å²) in [6, 6.07) is 11.7. The minimum atomic E-state index is -1.09. The van der Waals surface area contributed by atoms with Gasteiger partial charge in [-0.05, 0) is 37.3 Å². The van der Waals surface area contributed by atoms with Gasteiger partial charge in [0.15, 0.2) is 11.9 Å². The maximum absolute atomic E-state index is 12.1. The predicted molar refractivity (Wildman–Crippen MR) is 99.5 cm³/mol. The minimum Gasteiger partial charge on any atom is -0.474 e. The Kier molecular flexibility index (Phi) is 6.63. The highest BCUT2D eigenvalue weighted by atomic mass is 16.6.